The fraction of sp³-hybridized carbons (Fsp3) is 0.444. The van der Waals surface area contributed by atoms with Crippen LogP contribution in [0.5, 0.6) is 0 Å². The van der Waals surface area contributed by atoms with E-state index in [1.807, 2.05) is 17.0 Å². The van der Waals surface area contributed by atoms with Gasteiger partial charge in [-0.3, -0.25) is 4.90 Å². The van der Waals surface area contributed by atoms with E-state index in [-0.39, 0.29) is 29.2 Å². The molecule has 3 aliphatic rings. The summed E-state index contributed by atoms with van der Waals surface area (Å²) in [5, 5.41) is 4.14. The maximum atomic E-state index is 13.3. The molecule has 1 amide bonds. The van der Waals surface area contributed by atoms with Crippen LogP contribution in [0.1, 0.15) is 34.6 Å². The zero-order chi connectivity index (χ0) is 22.5. The van der Waals surface area contributed by atoms with Gasteiger partial charge in [0.25, 0.3) is 0 Å². The lowest BCUT2D eigenvalue weighted by Gasteiger charge is -2.52. The summed E-state index contributed by atoms with van der Waals surface area (Å²) in [6.45, 7) is 5.87. The Labute approximate surface area is 221 Å². The highest BCUT2D eigenvalue weighted by atomic mass is 79.9. The van der Waals surface area contributed by atoms with Crippen molar-refractivity contribution in [1.29, 1.82) is 0 Å². The number of aryl methyl sites for hydroxylation is 1. The van der Waals surface area contributed by atoms with E-state index in [1.165, 1.54) is 54.2 Å². The Balaban J connectivity index is 0.00000274. The Morgan fingerprint density at radius 3 is 2.18 bits per heavy atom. The first kappa shape index (κ1) is 25.4. The van der Waals surface area contributed by atoms with E-state index in [2.05, 4.69) is 53.2 Å². The first-order valence-corrected chi connectivity index (χ1v) is 13.8. The summed E-state index contributed by atoms with van der Waals surface area (Å²) in [4.78, 5) is 17.6. The van der Waals surface area contributed by atoms with Gasteiger partial charge in [-0.25, -0.2) is 4.79 Å². The molecule has 0 spiro atoms. The lowest BCUT2D eigenvalue weighted by molar-refractivity contribution is -0.946. The van der Waals surface area contributed by atoms with Crippen molar-refractivity contribution in [3.63, 3.8) is 0 Å². The Morgan fingerprint density at radius 2 is 1.59 bits per heavy atom. The van der Waals surface area contributed by atoms with Crippen molar-refractivity contribution >= 4 is 28.8 Å². The summed E-state index contributed by atoms with van der Waals surface area (Å²) in [6.07, 6.45) is 4.57. The second-order valence-corrected chi connectivity index (χ2v) is 11.6. The third-order valence-electron chi connectivity index (χ3n) is 7.35. The van der Waals surface area contributed by atoms with Crippen molar-refractivity contribution in [2.75, 3.05) is 26.2 Å². The highest BCUT2D eigenvalue weighted by Crippen LogP contribution is 2.36. The molecule has 1 aromatic carbocycles. The molecule has 3 fully saturated rings. The van der Waals surface area contributed by atoms with Crippen LogP contribution >= 0.6 is 22.7 Å². The SMILES string of the molecule is O=C(O[C@H]1C[N+]2(CCCc3ccccc3)CCC1CC2)N(Cc1cccs1)Cc1cccs1.[Br-]. The second kappa shape index (κ2) is 11.8. The highest BCUT2D eigenvalue weighted by Gasteiger charge is 2.47. The van der Waals surface area contributed by atoms with Gasteiger partial charge < -0.3 is 26.2 Å². The van der Waals surface area contributed by atoms with Crippen molar-refractivity contribution in [1.82, 2.24) is 4.90 Å². The molecule has 0 saturated carbocycles. The number of carbonyl (C=O) groups is 1. The first-order valence-electron chi connectivity index (χ1n) is 12.1. The molecule has 2 bridgehead atoms. The van der Waals surface area contributed by atoms with E-state index >= 15 is 0 Å². The third kappa shape index (κ3) is 6.30. The Hall–Kier alpha value is -1.67. The summed E-state index contributed by atoms with van der Waals surface area (Å²) < 4.78 is 7.38. The number of rotatable bonds is 9. The van der Waals surface area contributed by atoms with Crippen LogP contribution < -0.4 is 17.0 Å². The molecular weight excluding hydrogens is 528 g/mol. The normalized spacial score (nSPS) is 23.3. The van der Waals surface area contributed by atoms with Crippen LogP contribution in [0.4, 0.5) is 4.79 Å². The largest absolute Gasteiger partial charge is 1.00 e. The number of quaternary nitrogens is 1. The number of piperidine rings is 3. The third-order valence-corrected chi connectivity index (χ3v) is 9.07. The maximum absolute atomic E-state index is 13.3. The number of thiophene rings is 2. The molecule has 0 radical (unpaired) electrons. The highest BCUT2D eigenvalue weighted by molar-refractivity contribution is 7.10. The number of benzene rings is 1. The smallest absolute Gasteiger partial charge is 0.410 e. The molecule has 3 aliphatic heterocycles. The molecule has 0 N–H and O–H groups in total. The Morgan fingerprint density at radius 1 is 0.941 bits per heavy atom. The lowest BCUT2D eigenvalue weighted by Crippen LogP contribution is -3.00. The van der Waals surface area contributed by atoms with Crippen molar-refractivity contribution in [3.8, 4) is 0 Å². The minimum atomic E-state index is -0.155. The Bertz CT molecular complexity index is 966. The zero-order valence-corrected chi connectivity index (χ0v) is 22.7. The number of nitrogens with zero attached hydrogens (tertiary/aromatic N) is 2. The number of halogens is 1. The van der Waals surface area contributed by atoms with Gasteiger partial charge in [-0.15, -0.1) is 22.7 Å². The van der Waals surface area contributed by atoms with Gasteiger partial charge in [0.1, 0.15) is 6.54 Å². The van der Waals surface area contributed by atoms with Gasteiger partial charge >= 0.3 is 6.09 Å². The second-order valence-electron chi connectivity index (χ2n) is 9.56. The predicted molar refractivity (Wildman–Crippen MR) is 135 cm³/mol. The van der Waals surface area contributed by atoms with E-state index in [0.717, 1.165) is 17.4 Å². The number of hydrogen-bond acceptors (Lipinski definition) is 4. The summed E-state index contributed by atoms with van der Waals surface area (Å²) >= 11 is 3.39. The average Bonchev–Trinajstić information content (AvgIpc) is 3.55. The van der Waals surface area contributed by atoms with Crippen molar-refractivity contribution in [3.05, 3.63) is 80.7 Å². The molecule has 4 nitrogen and oxygen atoms in total. The van der Waals surface area contributed by atoms with Crippen molar-refractivity contribution < 1.29 is 31.0 Å². The molecule has 34 heavy (non-hydrogen) atoms. The number of hydrogen-bond donors (Lipinski definition) is 0. The van der Waals surface area contributed by atoms with Crippen molar-refractivity contribution in [2.45, 2.75) is 44.9 Å². The quantitative estimate of drug-likeness (QED) is 0.376. The molecule has 3 aromatic rings. The van der Waals surface area contributed by atoms with E-state index in [0.29, 0.717) is 19.0 Å². The molecule has 7 heteroatoms. The number of carbonyl (C=O) groups excluding carboxylic acids is 1. The van der Waals surface area contributed by atoms with Gasteiger partial charge in [-0.05, 0) is 34.9 Å². The van der Waals surface area contributed by atoms with Gasteiger partial charge in [0.2, 0.25) is 0 Å². The van der Waals surface area contributed by atoms with Crippen LogP contribution in [0.3, 0.4) is 0 Å². The minimum Gasteiger partial charge on any atom is -1.00 e. The standard InChI is InChI=1S/C27H33N2O2S2.BrH/c30-27(28(19-24-10-5-17-32-24)20-25-11-6-18-33-25)31-26-21-29(15-12-23(26)13-16-29)14-4-9-22-7-2-1-3-8-22;/h1-3,5-8,10-11,17-18,23,26H,4,9,12-16,19-21H2;1H/q+1;/p-1/t23?,26-,29?;/m0./s1. The van der Waals surface area contributed by atoms with E-state index in [9.17, 15) is 4.79 Å². The zero-order valence-electron chi connectivity index (χ0n) is 19.5. The van der Waals surface area contributed by atoms with E-state index in [4.69, 9.17) is 4.74 Å². The van der Waals surface area contributed by atoms with Gasteiger partial charge in [0, 0.05) is 34.9 Å². The van der Waals surface area contributed by atoms with Gasteiger partial charge in [0.05, 0.1) is 32.7 Å². The number of amides is 1. The number of ether oxygens (including phenoxy) is 1. The summed E-state index contributed by atoms with van der Waals surface area (Å²) in [6, 6.07) is 19.1. The van der Waals surface area contributed by atoms with Crippen LogP contribution in [0, 0.1) is 5.92 Å². The molecule has 2 aromatic heterocycles. The predicted octanol–water partition coefficient (Wildman–Crippen LogP) is 3.19. The lowest BCUT2D eigenvalue weighted by atomic mass is 9.83. The molecule has 3 saturated heterocycles. The molecule has 6 rings (SSSR count). The maximum Gasteiger partial charge on any atom is 0.410 e. The Kier molecular flexibility index (Phi) is 8.86. The van der Waals surface area contributed by atoms with Crippen LogP contribution in [-0.4, -0.2) is 47.8 Å². The minimum absolute atomic E-state index is 0. The molecule has 5 heterocycles. The summed E-state index contributed by atoms with van der Waals surface area (Å²) in [7, 11) is 0. The van der Waals surface area contributed by atoms with Gasteiger partial charge in [-0.2, -0.15) is 0 Å². The topological polar surface area (TPSA) is 29.5 Å². The fourth-order valence-corrected chi connectivity index (χ4v) is 6.94. The molecule has 182 valence electrons. The van der Waals surface area contributed by atoms with Gasteiger partial charge in [0.15, 0.2) is 6.10 Å². The summed E-state index contributed by atoms with van der Waals surface area (Å²) in [5.74, 6) is 0.522. The molecule has 0 unspecified atom stereocenters. The van der Waals surface area contributed by atoms with Crippen LogP contribution in [-0.2, 0) is 24.2 Å². The first-order chi connectivity index (χ1) is 16.2. The molecule has 1 atom stereocenters. The van der Waals surface area contributed by atoms with E-state index < -0.39 is 0 Å². The van der Waals surface area contributed by atoms with Crippen LogP contribution in [0.25, 0.3) is 0 Å². The van der Waals surface area contributed by atoms with E-state index in [1.54, 1.807) is 22.7 Å². The van der Waals surface area contributed by atoms with Crippen LogP contribution in [0.15, 0.2) is 65.4 Å². The average molecular weight is 562 g/mol. The number of fused-ring (bicyclic) bond motifs is 3. The van der Waals surface area contributed by atoms with Crippen molar-refractivity contribution in [2.24, 2.45) is 5.92 Å². The van der Waals surface area contributed by atoms with Crippen LogP contribution in [0.2, 0.25) is 0 Å². The fourth-order valence-electron chi connectivity index (χ4n) is 5.50. The molecule has 0 aliphatic carbocycles. The monoisotopic (exact) mass is 560 g/mol. The molecular formula is C27H33BrN2O2S2. The summed E-state index contributed by atoms with van der Waals surface area (Å²) in [5.41, 5.74) is 1.42. The van der Waals surface area contributed by atoms with Gasteiger partial charge in [-0.1, -0.05) is 42.5 Å².